The molecule has 0 spiro atoms. The molecule has 0 atom stereocenters. The highest BCUT2D eigenvalue weighted by Gasteiger charge is 2.30. The van der Waals surface area contributed by atoms with Gasteiger partial charge < -0.3 is 10.1 Å². The lowest BCUT2D eigenvalue weighted by Crippen LogP contribution is -2.19. The Morgan fingerprint density at radius 2 is 1.86 bits per heavy atom. The van der Waals surface area contributed by atoms with Gasteiger partial charge >= 0.3 is 12.1 Å². The zero-order valence-corrected chi connectivity index (χ0v) is 12.4. The van der Waals surface area contributed by atoms with E-state index in [1.807, 2.05) is 0 Å². The summed E-state index contributed by atoms with van der Waals surface area (Å²) in [6, 6.07) is 4.34. The van der Waals surface area contributed by atoms with E-state index in [1.165, 1.54) is 26.0 Å². The summed E-state index contributed by atoms with van der Waals surface area (Å²) >= 11 is 0. The maximum Gasteiger partial charge on any atom is 0.416 e. The third-order valence-corrected chi connectivity index (χ3v) is 2.84. The third-order valence-electron chi connectivity index (χ3n) is 2.84. The molecule has 0 aliphatic heterocycles. The number of Topliss-reactive ketones (excluding diaryl/α,β-unsaturated/α-hetero) is 1. The maximum absolute atomic E-state index is 12.7. The number of hydrogen-bond donors (Lipinski definition) is 1. The zero-order valence-electron chi connectivity index (χ0n) is 12.4. The van der Waals surface area contributed by atoms with Crippen molar-refractivity contribution in [3.05, 3.63) is 41.1 Å². The molecule has 0 aromatic heterocycles. The van der Waals surface area contributed by atoms with Gasteiger partial charge in [-0.3, -0.25) is 4.79 Å². The molecule has 0 aliphatic carbocycles. The summed E-state index contributed by atoms with van der Waals surface area (Å²) in [5, 5.41) is 2.54. The standard InChI is InChI=1S/C15H16F3NO3/c1-4-22-14(21)13(9(2)10(3)20)19-12-7-5-6-11(8-12)15(16,17)18/h5-8,19H,4H2,1-3H3/b13-9-. The Labute approximate surface area is 126 Å². The molecular weight excluding hydrogens is 299 g/mol. The van der Waals surface area contributed by atoms with Crippen molar-refractivity contribution in [2.75, 3.05) is 11.9 Å². The number of carbonyl (C=O) groups is 2. The largest absolute Gasteiger partial charge is 0.461 e. The van der Waals surface area contributed by atoms with Crippen LogP contribution in [0.25, 0.3) is 0 Å². The second-order valence-electron chi connectivity index (χ2n) is 4.48. The van der Waals surface area contributed by atoms with Gasteiger partial charge in [-0.2, -0.15) is 13.2 Å². The van der Waals surface area contributed by atoms with Crippen LogP contribution in [0.1, 0.15) is 26.3 Å². The summed E-state index contributed by atoms with van der Waals surface area (Å²) in [5.41, 5.74) is -0.913. The molecule has 0 aliphatic rings. The van der Waals surface area contributed by atoms with Crippen LogP contribution in [0.15, 0.2) is 35.5 Å². The number of nitrogens with one attached hydrogen (secondary N) is 1. The summed E-state index contributed by atoms with van der Waals surface area (Å²) < 4.78 is 42.9. The number of anilines is 1. The van der Waals surface area contributed by atoms with E-state index in [2.05, 4.69) is 5.32 Å². The van der Waals surface area contributed by atoms with Crippen molar-refractivity contribution in [1.82, 2.24) is 0 Å². The number of rotatable bonds is 5. The van der Waals surface area contributed by atoms with Crippen LogP contribution in [0.4, 0.5) is 18.9 Å². The lowest BCUT2D eigenvalue weighted by Gasteiger charge is -2.14. The molecule has 0 bridgehead atoms. The molecule has 1 N–H and O–H groups in total. The number of ether oxygens (including phenoxy) is 1. The quantitative estimate of drug-likeness (QED) is 0.667. The van der Waals surface area contributed by atoms with Crippen molar-refractivity contribution >= 4 is 17.4 Å². The Morgan fingerprint density at radius 3 is 2.36 bits per heavy atom. The van der Waals surface area contributed by atoms with Crippen molar-refractivity contribution in [3.63, 3.8) is 0 Å². The predicted molar refractivity (Wildman–Crippen MR) is 75.1 cm³/mol. The molecule has 1 rings (SSSR count). The van der Waals surface area contributed by atoms with E-state index >= 15 is 0 Å². The molecule has 0 radical (unpaired) electrons. The van der Waals surface area contributed by atoms with E-state index in [4.69, 9.17) is 4.74 Å². The summed E-state index contributed by atoms with van der Waals surface area (Å²) in [7, 11) is 0. The summed E-state index contributed by atoms with van der Waals surface area (Å²) in [4.78, 5) is 23.3. The van der Waals surface area contributed by atoms with E-state index in [1.54, 1.807) is 6.92 Å². The van der Waals surface area contributed by atoms with Gasteiger partial charge in [-0.1, -0.05) is 6.07 Å². The molecule has 0 fully saturated rings. The van der Waals surface area contributed by atoms with E-state index in [0.717, 1.165) is 12.1 Å². The van der Waals surface area contributed by atoms with Gasteiger partial charge in [-0.15, -0.1) is 0 Å². The second-order valence-corrected chi connectivity index (χ2v) is 4.48. The average Bonchev–Trinajstić information content (AvgIpc) is 2.43. The van der Waals surface area contributed by atoms with Crippen LogP contribution in [0.2, 0.25) is 0 Å². The first kappa shape index (κ1) is 17.7. The minimum Gasteiger partial charge on any atom is -0.461 e. The van der Waals surface area contributed by atoms with Crippen LogP contribution < -0.4 is 5.32 Å². The van der Waals surface area contributed by atoms with Gasteiger partial charge in [0, 0.05) is 11.3 Å². The van der Waals surface area contributed by atoms with Gasteiger partial charge in [-0.25, -0.2) is 4.79 Å². The summed E-state index contributed by atoms with van der Waals surface area (Å²) in [6.45, 7) is 4.32. The number of alkyl halides is 3. The highest BCUT2D eigenvalue weighted by atomic mass is 19.4. The predicted octanol–water partition coefficient (Wildman–Crippen LogP) is 3.54. The molecule has 1 aromatic carbocycles. The third kappa shape index (κ3) is 4.61. The number of hydrogen-bond acceptors (Lipinski definition) is 4. The summed E-state index contributed by atoms with van der Waals surface area (Å²) in [6.07, 6.45) is -4.50. The van der Waals surface area contributed by atoms with Gasteiger partial charge in [0.15, 0.2) is 5.78 Å². The maximum atomic E-state index is 12.7. The summed E-state index contributed by atoms with van der Waals surface area (Å²) in [5.74, 6) is -1.19. The van der Waals surface area contributed by atoms with E-state index in [9.17, 15) is 22.8 Å². The Hall–Kier alpha value is -2.31. The molecule has 120 valence electrons. The van der Waals surface area contributed by atoms with Crippen molar-refractivity contribution in [1.29, 1.82) is 0 Å². The fourth-order valence-corrected chi connectivity index (χ4v) is 1.59. The second kappa shape index (κ2) is 7.11. The fraction of sp³-hybridized carbons (Fsp3) is 0.333. The van der Waals surface area contributed by atoms with Crippen LogP contribution in [0.5, 0.6) is 0 Å². The van der Waals surface area contributed by atoms with Gasteiger partial charge in [0.1, 0.15) is 5.70 Å². The number of carbonyl (C=O) groups excluding carboxylic acids is 2. The van der Waals surface area contributed by atoms with Gasteiger partial charge in [0.25, 0.3) is 0 Å². The van der Waals surface area contributed by atoms with Crippen LogP contribution >= 0.6 is 0 Å². The molecule has 0 amide bonds. The number of ketones is 1. The normalized spacial score (nSPS) is 12.5. The molecule has 0 saturated carbocycles. The van der Waals surface area contributed by atoms with Crippen LogP contribution in [-0.2, 0) is 20.5 Å². The Bertz CT molecular complexity index is 606. The van der Waals surface area contributed by atoms with Gasteiger partial charge in [0.05, 0.1) is 12.2 Å². The molecule has 0 unspecified atom stereocenters. The molecule has 0 heterocycles. The first-order valence-electron chi connectivity index (χ1n) is 6.50. The number of benzene rings is 1. The Morgan fingerprint density at radius 1 is 1.23 bits per heavy atom. The topological polar surface area (TPSA) is 55.4 Å². The van der Waals surface area contributed by atoms with Crippen LogP contribution in [0, 0.1) is 0 Å². The van der Waals surface area contributed by atoms with Gasteiger partial charge in [-0.05, 0) is 39.0 Å². The van der Waals surface area contributed by atoms with Crippen LogP contribution in [-0.4, -0.2) is 18.4 Å². The molecule has 7 heteroatoms. The van der Waals surface area contributed by atoms with Crippen molar-refractivity contribution in [2.24, 2.45) is 0 Å². The first-order chi connectivity index (χ1) is 10.2. The average molecular weight is 315 g/mol. The van der Waals surface area contributed by atoms with Crippen LogP contribution in [0.3, 0.4) is 0 Å². The van der Waals surface area contributed by atoms with Crippen molar-refractivity contribution in [3.8, 4) is 0 Å². The Kier molecular flexibility index (Phi) is 5.73. The first-order valence-corrected chi connectivity index (χ1v) is 6.50. The number of allylic oxidation sites excluding steroid dienone is 1. The minimum absolute atomic E-state index is 0.0403. The van der Waals surface area contributed by atoms with E-state index in [-0.39, 0.29) is 29.3 Å². The fourth-order valence-electron chi connectivity index (χ4n) is 1.59. The zero-order chi connectivity index (χ0) is 16.9. The van der Waals surface area contributed by atoms with E-state index in [0.29, 0.717) is 0 Å². The molecule has 22 heavy (non-hydrogen) atoms. The highest BCUT2D eigenvalue weighted by Crippen LogP contribution is 2.31. The Balaban J connectivity index is 3.19. The minimum atomic E-state index is -4.50. The number of halogens is 3. The molecule has 1 aromatic rings. The smallest absolute Gasteiger partial charge is 0.416 e. The van der Waals surface area contributed by atoms with Gasteiger partial charge in [0.2, 0.25) is 0 Å². The lowest BCUT2D eigenvalue weighted by atomic mass is 10.1. The van der Waals surface area contributed by atoms with Crippen molar-refractivity contribution < 1.29 is 27.5 Å². The molecule has 0 saturated heterocycles. The number of esters is 1. The van der Waals surface area contributed by atoms with E-state index < -0.39 is 17.7 Å². The molecular formula is C15H16F3NO3. The monoisotopic (exact) mass is 315 g/mol. The highest BCUT2D eigenvalue weighted by molar-refractivity contribution is 6.04. The molecule has 4 nitrogen and oxygen atoms in total. The van der Waals surface area contributed by atoms with Crippen molar-refractivity contribution in [2.45, 2.75) is 26.9 Å². The SMILES string of the molecule is CCOC(=O)/C(Nc1cccc(C(F)(F)F)c1)=C(\C)C(C)=O. The lowest BCUT2D eigenvalue weighted by molar-refractivity contribution is -0.138.